The maximum absolute atomic E-state index is 14.2. The molecule has 1 aromatic heterocycles. The van der Waals surface area contributed by atoms with Crippen molar-refractivity contribution >= 4 is 27.5 Å². The average molecular weight is 388 g/mol. The summed E-state index contributed by atoms with van der Waals surface area (Å²) in [6.07, 6.45) is 0.637. The molecule has 8 heteroatoms. The highest BCUT2D eigenvalue weighted by Crippen LogP contribution is 2.31. The van der Waals surface area contributed by atoms with Gasteiger partial charge in [-0.2, -0.15) is 4.99 Å². The van der Waals surface area contributed by atoms with Crippen molar-refractivity contribution in [2.75, 3.05) is 6.61 Å². The number of rotatable bonds is 3. The fraction of sp³-hybridized carbons (Fsp3) is 0.158. The number of allylic oxidation sites excluding steroid dienone is 1. The Hall–Kier alpha value is -3.00. The Balaban J connectivity index is 1.74. The highest BCUT2D eigenvalue weighted by molar-refractivity contribution is 7.16. The van der Waals surface area contributed by atoms with Gasteiger partial charge < -0.3 is 14.0 Å². The maximum atomic E-state index is 14.2. The number of aromatic nitrogens is 1. The molecule has 3 aromatic rings. The van der Waals surface area contributed by atoms with Gasteiger partial charge in [0, 0.05) is 12.6 Å². The monoisotopic (exact) mass is 388 g/mol. The fourth-order valence-corrected chi connectivity index (χ4v) is 3.90. The quantitative estimate of drug-likeness (QED) is 0.646. The lowest BCUT2D eigenvalue weighted by Crippen LogP contribution is -2.36. The SMILES string of the molecule is C=CCn1c(=NC(=O)C2COc3ccccc3O2)sc2cc(F)cc(F)c21. The van der Waals surface area contributed by atoms with Crippen LogP contribution < -0.4 is 14.3 Å². The minimum Gasteiger partial charge on any atom is -0.485 e. The molecule has 1 aliphatic rings. The number of hydrogen-bond donors (Lipinski definition) is 0. The second-order valence-electron chi connectivity index (χ2n) is 5.83. The first kappa shape index (κ1) is 17.4. The summed E-state index contributed by atoms with van der Waals surface area (Å²) in [4.78, 5) is 16.9. The van der Waals surface area contributed by atoms with Crippen molar-refractivity contribution in [1.82, 2.24) is 4.57 Å². The molecule has 0 bridgehead atoms. The molecule has 5 nitrogen and oxygen atoms in total. The van der Waals surface area contributed by atoms with E-state index in [1.54, 1.807) is 30.3 Å². The first-order valence-electron chi connectivity index (χ1n) is 8.13. The van der Waals surface area contributed by atoms with Crippen LogP contribution in [0.4, 0.5) is 8.78 Å². The zero-order valence-corrected chi connectivity index (χ0v) is 14.8. The standard InChI is InChI=1S/C19H14F2N2O3S/c1-2-7-23-17-12(21)8-11(20)9-16(17)27-19(23)22-18(24)15-10-25-13-5-3-4-6-14(13)26-15/h2-6,8-9,15H,1,7,10H2. The molecule has 1 atom stereocenters. The number of nitrogens with zero attached hydrogens (tertiary/aromatic N) is 2. The van der Waals surface area contributed by atoms with Crippen LogP contribution in [-0.4, -0.2) is 23.2 Å². The lowest BCUT2D eigenvalue weighted by molar-refractivity contribution is -0.127. The van der Waals surface area contributed by atoms with E-state index in [-0.39, 0.29) is 23.5 Å². The Morgan fingerprint density at radius 2 is 2.11 bits per heavy atom. The van der Waals surface area contributed by atoms with Crippen LogP contribution >= 0.6 is 11.3 Å². The van der Waals surface area contributed by atoms with Gasteiger partial charge in [-0.25, -0.2) is 8.78 Å². The Bertz CT molecular complexity index is 1120. The minimum atomic E-state index is -0.913. The van der Waals surface area contributed by atoms with E-state index in [9.17, 15) is 13.6 Å². The third-order valence-electron chi connectivity index (χ3n) is 4.00. The smallest absolute Gasteiger partial charge is 0.292 e. The third-order valence-corrected chi connectivity index (χ3v) is 5.02. The van der Waals surface area contributed by atoms with Gasteiger partial charge in [0.15, 0.2) is 22.1 Å². The predicted molar refractivity (Wildman–Crippen MR) is 96.9 cm³/mol. The Kier molecular flexibility index (Phi) is 4.49. The van der Waals surface area contributed by atoms with Crippen LogP contribution in [0.5, 0.6) is 11.5 Å². The fourth-order valence-electron chi connectivity index (χ4n) is 2.82. The van der Waals surface area contributed by atoms with Gasteiger partial charge in [-0.1, -0.05) is 29.5 Å². The van der Waals surface area contributed by atoms with E-state index in [1.807, 2.05) is 0 Å². The molecule has 0 fully saturated rings. The van der Waals surface area contributed by atoms with E-state index in [0.717, 1.165) is 17.4 Å². The number of benzene rings is 2. The normalized spacial score (nSPS) is 16.5. The van der Waals surface area contributed by atoms with Crippen molar-refractivity contribution in [1.29, 1.82) is 0 Å². The second kappa shape index (κ2) is 6.96. The lowest BCUT2D eigenvalue weighted by Gasteiger charge is -2.23. The first-order valence-corrected chi connectivity index (χ1v) is 8.95. The summed E-state index contributed by atoms with van der Waals surface area (Å²) in [6, 6.07) is 9.03. The molecular weight excluding hydrogens is 374 g/mol. The van der Waals surface area contributed by atoms with Crippen LogP contribution in [-0.2, 0) is 11.3 Å². The molecule has 0 radical (unpaired) electrons. The highest BCUT2D eigenvalue weighted by Gasteiger charge is 2.27. The minimum absolute atomic E-state index is 0.0225. The van der Waals surface area contributed by atoms with Crippen molar-refractivity contribution in [3.05, 3.63) is 65.5 Å². The summed E-state index contributed by atoms with van der Waals surface area (Å²) < 4.78 is 40.8. The zero-order valence-electron chi connectivity index (χ0n) is 14.0. The molecule has 2 heterocycles. The molecule has 138 valence electrons. The summed E-state index contributed by atoms with van der Waals surface area (Å²) in [5.41, 5.74) is 0.180. The lowest BCUT2D eigenvalue weighted by atomic mass is 10.2. The Morgan fingerprint density at radius 1 is 1.33 bits per heavy atom. The van der Waals surface area contributed by atoms with E-state index in [4.69, 9.17) is 9.47 Å². The molecule has 1 unspecified atom stereocenters. The van der Waals surface area contributed by atoms with Crippen molar-refractivity contribution in [2.45, 2.75) is 12.6 Å². The van der Waals surface area contributed by atoms with Crippen molar-refractivity contribution in [3.8, 4) is 11.5 Å². The molecular formula is C19H14F2N2O3S. The largest absolute Gasteiger partial charge is 0.485 e. The van der Waals surface area contributed by atoms with Gasteiger partial charge in [0.1, 0.15) is 12.4 Å². The van der Waals surface area contributed by atoms with Crippen LogP contribution in [0.2, 0.25) is 0 Å². The summed E-state index contributed by atoms with van der Waals surface area (Å²) in [5, 5.41) is 0. The van der Waals surface area contributed by atoms with Gasteiger partial charge in [0.25, 0.3) is 5.91 Å². The zero-order chi connectivity index (χ0) is 19.0. The number of amides is 1. The van der Waals surface area contributed by atoms with Crippen molar-refractivity contribution in [3.63, 3.8) is 0 Å². The van der Waals surface area contributed by atoms with Crippen molar-refractivity contribution in [2.24, 2.45) is 4.99 Å². The summed E-state index contributed by atoms with van der Waals surface area (Å²) in [7, 11) is 0. The maximum Gasteiger partial charge on any atom is 0.292 e. The van der Waals surface area contributed by atoms with Crippen molar-refractivity contribution < 1.29 is 23.0 Å². The molecule has 0 spiro atoms. The van der Waals surface area contributed by atoms with Gasteiger partial charge in [0.2, 0.25) is 6.10 Å². The summed E-state index contributed by atoms with van der Waals surface area (Å²) in [6.45, 7) is 3.88. The number of thiazole rings is 1. The third kappa shape index (κ3) is 3.23. The van der Waals surface area contributed by atoms with Crippen LogP contribution in [0.15, 0.2) is 54.0 Å². The molecule has 1 aliphatic heterocycles. The number of hydrogen-bond acceptors (Lipinski definition) is 4. The van der Waals surface area contributed by atoms with Crippen LogP contribution in [0.3, 0.4) is 0 Å². The van der Waals surface area contributed by atoms with E-state index >= 15 is 0 Å². The van der Waals surface area contributed by atoms with Crippen LogP contribution in [0.25, 0.3) is 10.2 Å². The molecule has 0 N–H and O–H groups in total. The van der Waals surface area contributed by atoms with E-state index in [1.165, 1.54) is 10.6 Å². The Labute approximate surface area is 156 Å². The van der Waals surface area contributed by atoms with E-state index < -0.39 is 23.6 Å². The molecule has 0 saturated carbocycles. The Morgan fingerprint density at radius 3 is 2.89 bits per heavy atom. The average Bonchev–Trinajstić information content (AvgIpc) is 2.98. The number of carbonyl (C=O) groups excluding carboxylic acids is 1. The summed E-state index contributed by atoms with van der Waals surface area (Å²) >= 11 is 1.02. The van der Waals surface area contributed by atoms with Gasteiger partial charge in [0.05, 0.1) is 10.2 Å². The second-order valence-corrected chi connectivity index (χ2v) is 6.84. The molecule has 4 rings (SSSR count). The number of carbonyl (C=O) groups is 1. The van der Waals surface area contributed by atoms with Gasteiger partial charge in [-0.15, -0.1) is 6.58 Å². The van der Waals surface area contributed by atoms with E-state index in [0.29, 0.717) is 16.2 Å². The van der Waals surface area contributed by atoms with Gasteiger partial charge in [-0.3, -0.25) is 4.79 Å². The summed E-state index contributed by atoms with van der Waals surface area (Å²) in [5.74, 6) is -0.952. The molecule has 0 aliphatic carbocycles. The van der Waals surface area contributed by atoms with E-state index in [2.05, 4.69) is 11.6 Å². The number of ether oxygens (including phenoxy) is 2. The van der Waals surface area contributed by atoms with Gasteiger partial charge in [-0.05, 0) is 18.2 Å². The van der Waals surface area contributed by atoms with Gasteiger partial charge >= 0.3 is 0 Å². The molecule has 27 heavy (non-hydrogen) atoms. The number of fused-ring (bicyclic) bond motifs is 2. The first-order chi connectivity index (χ1) is 13.1. The molecule has 2 aromatic carbocycles. The topological polar surface area (TPSA) is 52.8 Å². The molecule has 1 amide bonds. The number of halogens is 2. The van der Waals surface area contributed by atoms with Crippen LogP contribution in [0.1, 0.15) is 0 Å². The number of para-hydroxylation sites is 2. The highest BCUT2D eigenvalue weighted by atomic mass is 32.1. The molecule has 0 saturated heterocycles. The van der Waals surface area contributed by atoms with Crippen LogP contribution in [0, 0.1) is 11.6 Å². The predicted octanol–water partition coefficient (Wildman–Crippen LogP) is 3.43.